The Kier molecular flexibility index (Phi) is 3.36. The van der Waals surface area contributed by atoms with Gasteiger partial charge < -0.3 is 10.6 Å². The lowest BCUT2D eigenvalue weighted by atomic mass is 10.1. The average Bonchev–Trinajstić information content (AvgIpc) is 3.27. The number of carbonyl (C=O) groups is 1. The van der Waals surface area contributed by atoms with Crippen LogP contribution in [0.15, 0.2) is 42.5 Å². The van der Waals surface area contributed by atoms with E-state index in [4.69, 9.17) is 0 Å². The fourth-order valence-corrected chi connectivity index (χ4v) is 2.20. The SMILES string of the molecule is O=C(CNc1cccc2ccccc12)NCC1CC1. The molecular weight excluding hydrogens is 236 g/mol. The van der Waals surface area contributed by atoms with Gasteiger partial charge in [0.25, 0.3) is 0 Å². The van der Waals surface area contributed by atoms with Crippen LogP contribution in [-0.2, 0) is 4.79 Å². The third kappa shape index (κ3) is 3.05. The summed E-state index contributed by atoms with van der Waals surface area (Å²) in [5.41, 5.74) is 1.01. The Labute approximate surface area is 113 Å². The minimum Gasteiger partial charge on any atom is -0.376 e. The maximum Gasteiger partial charge on any atom is 0.239 e. The first kappa shape index (κ1) is 12.0. The number of benzene rings is 2. The zero-order chi connectivity index (χ0) is 13.1. The summed E-state index contributed by atoms with van der Waals surface area (Å²) in [6.07, 6.45) is 2.52. The highest BCUT2D eigenvalue weighted by atomic mass is 16.1. The summed E-state index contributed by atoms with van der Waals surface area (Å²) in [5, 5.41) is 8.52. The fraction of sp³-hybridized carbons (Fsp3) is 0.312. The molecule has 3 nitrogen and oxygen atoms in total. The van der Waals surface area contributed by atoms with Crippen molar-refractivity contribution < 1.29 is 4.79 Å². The quantitative estimate of drug-likeness (QED) is 0.861. The molecule has 3 heteroatoms. The molecule has 3 rings (SSSR count). The van der Waals surface area contributed by atoms with Gasteiger partial charge >= 0.3 is 0 Å². The molecule has 98 valence electrons. The molecular formula is C16H18N2O. The first-order chi connectivity index (χ1) is 9.33. The second kappa shape index (κ2) is 5.31. The highest BCUT2D eigenvalue weighted by Crippen LogP contribution is 2.27. The van der Waals surface area contributed by atoms with Crippen molar-refractivity contribution in [1.29, 1.82) is 0 Å². The topological polar surface area (TPSA) is 41.1 Å². The van der Waals surface area contributed by atoms with E-state index in [2.05, 4.69) is 28.8 Å². The minimum atomic E-state index is 0.0693. The first-order valence-electron chi connectivity index (χ1n) is 6.81. The van der Waals surface area contributed by atoms with E-state index in [1.54, 1.807) is 0 Å². The Hall–Kier alpha value is -2.03. The monoisotopic (exact) mass is 254 g/mol. The molecule has 0 saturated heterocycles. The van der Waals surface area contributed by atoms with Gasteiger partial charge in [-0.2, -0.15) is 0 Å². The number of amides is 1. The Bertz CT molecular complexity index is 585. The summed E-state index contributed by atoms with van der Waals surface area (Å²) >= 11 is 0. The van der Waals surface area contributed by atoms with E-state index in [0.717, 1.165) is 23.5 Å². The van der Waals surface area contributed by atoms with Crippen molar-refractivity contribution in [3.63, 3.8) is 0 Å². The molecule has 2 aromatic rings. The molecule has 2 aromatic carbocycles. The van der Waals surface area contributed by atoms with Crippen LogP contribution in [0.1, 0.15) is 12.8 Å². The van der Waals surface area contributed by atoms with Gasteiger partial charge in [0.1, 0.15) is 0 Å². The molecule has 0 bridgehead atoms. The van der Waals surface area contributed by atoms with Crippen molar-refractivity contribution in [2.45, 2.75) is 12.8 Å². The molecule has 1 aliphatic carbocycles. The van der Waals surface area contributed by atoms with Gasteiger partial charge in [-0.1, -0.05) is 36.4 Å². The van der Waals surface area contributed by atoms with Crippen LogP contribution in [0.4, 0.5) is 5.69 Å². The highest BCUT2D eigenvalue weighted by Gasteiger charge is 2.21. The normalized spacial score (nSPS) is 14.3. The summed E-state index contributed by atoms with van der Waals surface area (Å²) in [5.74, 6) is 0.793. The molecule has 0 atom stereocenters. The molecule has 1 fully saturated rings. The molecule has 0 spiro atoms. The fourth-order valence-electron chi connectivity index (χ4n) is 2.20. The van der Waals surface area contributed by atoms with Crippen molar-refractivity contribution in [3.8, 4) is 0 Å². The maximum atomic E-state index is 11.7. The molecule has 1 saturated carbocycles. The van der Waals surface area contributed by atoms with Crippen LogP contribution < -0.4 is 10.6 Å². The zero-order valence-corrected chi connectivity index (χ0v) is 10.9. The van der Waals surface area contributed by atoms with E-state index in [-0.39, 0.29) is 5.91 Å². The van der Waals surface area contributed by atoms with Gasteiger partial charge in [-0.15, -0.1) is 0 Å². The molecule has 0 aromatic heterocycles. The average molecular weight is 254 g/mol. The van der Waals surface area contributed by atoms with Crippen LogP contribution in [0, 0.1) is 5.92 Å². The number of carbonyl (C=O) groups excluding carboxylic acids is 1. The third-order valence-corrected chi connectivity index (χ3v) is 3.51. The van der Waals surface area contributed by atoms with Gasteiger partial charge in [0, 0.05) is 17.6 Å². The highest BCUT2D eigenvalue weighted by molar-refractivity contribution is 5.95. The second-order valence-electron chi connectivity index (χ2n) is 5.13. The Morgan fingerprint density at radius 2 is 1.89 bits per heavy atom. The molecule has 2 N–H and O–H groups in total. The number of nitrogens with one attached hydrogen (secondary N) is 2. The standard InChI is InChI=1S/C16H18N2O/c19-16(18-10-12-8-9-12)11-17-15-7-3-5-13-4-1-2-6-14(13)15/h1-7,12,17H,8-11H2,(H,18,19). The van der Waals surface area contributed by atoms with E-state index < -0.39 is 0 Å². The van der Waals surface area contributed by atoms with Gasteiger partial charge in [-0.25, -0.2) is 0 Å². The van der Waals surface area contributed by atoms with E-state index in [1.165, 1.54) is 18.2 Å². The number of fused-ring (bicyclic) bond motifs is 1. The number of anilines is 1. The first-order valence-corrected chi connectivity index (χ1v) is 6.81. The maximum absolute atomic E-state index is 11.7. The lowest BCUT2D eigenvalue weighted by molar-refractivity contribution is -0.119. The lowest BCUT2D eigenvalue weighted by Crippen LogP contribution is -2.31. The molecule has 0 unspecified atom stereocenters. The Balaban J connectivity index is 1.62. The number of hydrogen-bond donors (Lipinski definition) is 2. The van der Waals surface area contributed by atoms with Crippen molar-refractivity contribution in [2.24, 2.45) is 5.92 Å². The predicted molar refractivity (Wildman–Crippen MR) is 78.2 cm³/mol. The third-order valence-electron chi connectivity index (χ3n) is 3.51. The number of rotatable bonds is 5. The minimum absolute atomic E-state index is 0.0693. The number of hydrogen-bond acceptors (Lipinski definition) is 2. The van der Waals surface area contributed by atoms with E-state index in [1.807, 2.05) is 24.3 Å². The van der Waals surface area contributed by atoms with Crippen molar-refractivity contribution in [2.75, 3.05) is 18.4 Å². The van der Waals surface area contributed by atoms with Crippen LogP contribution >= 0.6 is 0 Å². The Morgan fingerprint density at radius 1 is 1.11 bits per heavy atom. The van der Waals surface area contributed by atoms with Gasteiger partial charge in [0.2, 0.25) is 5.91 Å². The molecule has 0 heterocycles. The van der Waals surface area contributed by atoms with E-state index in [0.29, 0.717) is 6.54 Å². The van der Waals surface area contributed by atoms with E-state index in [9.17, 15) is 4.79 Å². The van der Waals surface area contributed by atoms with Crippen molar-refractivity contribution in [3.05, 3.63) is 42.5 Å². The van der Waals surface area contributed by atoms with Gasteiger partial charge in [-0.05, 0) is 30.2 Å². The predicted octanol–water partition coefficient (Wildman–Crippen LogP) is 2.78. The van der Waals surface area contributed by atoms with Crippen LogP contribution in [0.25, 0.3) is 10.8 Å². The summed E-state index contributed by atoms with van der Waals surface area (Å²) < 4.78 is 0. The summed E-state index contributed by atoms with van der Waals surface area (Å²) in [7, 11) is 0. The molecule has 0 aliphatic heterocycles. The largest absolute Gasteiger partial charge is 0.376 e. The summed E-state index contributed by atoms with van der Waals surface area (Å²) in [4.78, 5) is 11.7. The molecule has 1 aliphatic rings. The van der Waals surface area contributed by atoms with Crippen molar-refractivity contribution in [1.82, 2.24) is 5.32 Å². The summed E-state index contributed by atoms with van der Waals surface area (Å²) in [6.45, 7) is 1.16. The smallest absolute Gasteiger partial charge is 0.239 e. The molecule has 1 amide bonds. The zero-order valence-electron chi connectivity index (χ0n) is 10.9. The van der Waals surface area contributed by atoms with Gasteiger partial charge in [0.05, 0.1) is 6.54 Å². The summed E-state index contributed by atoms with van der Waals surface area (Å²) in [6, 6.07) is 14.3. The van der Waals surface area contributed by atoms with Crippen LogP contribution in [-0.4, -0.2) is 19.0 Å². The van der Waals surface area contributed by atoms with Crippen LogP contribution in [0.2, 0.25) is 0 Å². The van der Waals surface area contributed by atoms with Crippen LogP contribution in [0.5, 0.6) is 0 Å². The van der Waals surface area contributed by atoms with Crippen LogP contribution in [0.3, 0.4) is 0 Å². The second-order valence-corrected chi connectivity index (χ2v) is 5.13. The molecule has 0 radical (unpaired) electrons. The van der Waals surface area contributed by atoms with Crippen molar-refractivity contribution >= 4 is 22.4 Å². The lowest BCUT2D eigenvalue weighted by Gasteiger charge is -2.10. The van der Waals surface area contributed by atoms with Gasteiger partial charge in [0.15, 0.2) is 0 Å². The Morgan fingerprint density at radius 3 is 2.74 bits per heavy atom. The molecule has 19 heavy (non-hydrogen) atoms. The van der Waals surface area contributed by atoms with E-state index >= 15 is 0 Å². The van der Waals surface area contributed by atoms with Gasteiger partial charge in [-0.3, -0.25) is 4.79 Å².